The van der Waals surface area contributed by atoms with E-state index in [0.717, 1.165) is 5.69 Å². The zero-order chi connectivity index (χ0) is 15.8. The fraction of sp³-hybridized carbons (Fsp3) is 0.125. The first-order chi connectivity index (χ1) is 10.8. The molecule has 1 unspecified atom stereocenters. The Hall–Kier alpha value is -1.05. The van der Waals surface area contributed by atoms with Crippen LogP contribution in [0.15, 0.2) is 67.1 Å². The second-order valence-corrected chi connectivity index (χ2v) is 6.89. The van der Waals surface area contributed by atoms with Crippen molar-refractivity contribution in [3.05, 3.63) is 85.1 Å². The third kappa shape index (κ3) is 4.73. The first-order valence-corrected chi connectivity index (χ1v) is 10.5. The summed E-state index contributed by atoms with van der Waals surface area (Å²) in [6.45, 7) is 3.27. The van der Waals surface area contributed by atoms with E-state index in [1.54, 1.807) is 0 Å². The van der Waals surface area contributed by atoms with Crippen LogP contribution in [0.3, 0.4) is 0 Å². The Labute approximate surface area is 147 Å². The van der Waals surface area contributed by atoms with Crippen LogP contribution in [0.25, 0.3) is 0 Å². The molecule has 6 heteroatoms. The van der Waals surface area contributed by atoms with Crippen molar-refractivity contribution in [1.29, 1.82) is 0 Å². The second-order valence-electron chi connectivity index (χ2n) is 4.53. The molecule has 0 N–H and O–H groups in total. The molecular weight excluding hydrogens is 412 g/mol. The molecule has 3 rings (SSSR count). The van der Waals surface area contributed by atoms with Gasteiger partial charge in [0.25, 0.3) is 0 Å². The van der Waals surface area contributed by atoms with Gasteiger partial charge in [0.15, 0.2) is 0 Å². The summed E-state index contributed by atoms with van der Waals surface area (Å²) in [5.41, 5.74) is 2.22. The van der Waals surface area contributed by atoms with Crippen molar-refractivity contribution in [2.24, 2.45) is 0 Å². The van der Waals surface area contributed by atoms with E-state index >= 15 is 0 Å². The summed E-state index contributed by atoms with van der Waals surface area (Å²) < 4.78 is 0. The molecule has 1 aliphatic rings. The van der Waals surface area contributed by atoms with Gasteiger partial charge in [-0.2, -0.15) is 0 Å². The Kier molecular flexibility index (Phi) is 7.22. The van der Waals surface area contributed by atoms with Gasteiger partial charge < -0.3 is 9.80 Å². The van der Waals surface area contributed by atoms with Gasteiger partial charge in [-0.05, 0) is 17.7 Å². The molecule has 0 spiro atoms. The molecule has 0 saturated carbocycles. The summed E-state index contributed by atoms with van der Waals surface area (Å²) in [5.74, 6) is 0. The molecule has 2 radical (unpaired) electrons. The van der Waals surface area contributed by atoms with Crippen LogP contribution in [0.4, 0.5) is 0 Å². The van der Waals surface area contributed by atoms with Crippen LogP contribution in [-0.2, 0) is 15.9 Å². The van der Waals surface area contributed by atoms with Crippen molar-refractivity contribution in [2.45, 2.75) is 6.04 Å². The molecule has 2 heterocycles. The maximum absolute atomic E-state index is 4.81. The SMILES string of the molecule is CN1[C]N(C(c2ccccc2)c2ccccn2)C=C1.[Cl][Pd][Cl]. The van der Waals surface area contributed by atoms with Gasteiger partial charge in [-0.1, -0.05) is 36.4 Å². The Morgan fingerprint density at radius 2 is 1.73 bits per heavy atom. The molecular formula is C16H15Cl2N3Pd. The van der Waals surface area contributed by atoms with Crippen molar-refractivity contribution in [1.82, 2.24) is 14.8 Å². The standard InChI is InChI=1S/C16H15N3.2ClH.Pd/c1-18-11-12-19(13-18)16(14-7-3-2-4-8-14)15-9-5-6-10-17-15;;;/h2-12,16H,1H3;2*1H;/q;;;+2/p-2. The topological polar surface area (TPSA) is 19.4 Å². The molecule has 0 fully saturated rings. The number of aromatic nitrogens is 1. The fourth-order valence-corrected chi connectivity index (χ4v) is 2.21. The zero-order valence-corrected chi connectivity index (χ0v) is 14.9. The van der Waals surface area contributed by atoms with Crippen LogP contribution in [0.5, 0.6) is 0 Å². The van der Waals surface area contributed by atoms with Crippen LogP contribution in [-0.4, -0.2) is 21.8 Å². The van der Waals surface area contributed by atoms with E-state index in [1.807, 2.05) is 54.8 Å². The van der Waals surface area contributed by atoms with Gasteiger partial charge in [-0.25, -0.2) is 0 Å². The molecule has 1 atom stereocenters. The van der Waals surface area contributed by atoms with Gasteiger partial charge >= 0.3 is 35.0 Å². The van der Waals surface area contributed by atoms with E-state index in [1.165, 1.54) is 5.56 Å². The second kappa shape index (κ2) is 9.17. The molecule has 1 aromatic carbocycles. The number of benzene rings is 1. The molecule has 2 aromatic rings. The van der Waals surface area contributed by atoms with Crippen molar-refractivity contribution in [3.8, 4) is 0 Å². The van der Waals surface area contributed by atoms with Crippen molar-refractivity contribution in [2.75, 3.05) is 7.05 Å². The number of halogens is 2. The average molecular weight is 427 g/mol. The number of rotatable bonds is 3. The van der Waals surface area contributed by atoms with Crippen LogP contribution in [0.2, 0.25) is 0 Å². The van der Waals surface area contributed by atoms with Crippen LogP contribution >= 0.6 is 19.1 Å². The third-order valence-electron chi connectivity index (χ3n) is 3.09. The molecule has 1 aromatic heterocycles. The van der Waals surface area contributed by atoms with Crippen molar-refractivity contribution in [3.63, 3.8) is 0 Å². The monoisotopic (exact) mass is 425 g/mol. The van der Waals surface area contributed by atoms with Crippen LogP contribution < -0.4 is 0 Å². The Balaban J connectivity index is 0.000000545. The Morgan fingerprint density at radius 3 is 2.27 bits per heavy atom. The van der Waals surface area contributed by atoms with Gasteiger partial charge in [0.2, 0.25) is 6.67 Å². The summed E-state index contributed by atoms with van der Waals surface area (Å²) in [7, 11) is 11.6. The first kappa shape index (κ1) is 17.3. The van der Waals surface area contributed by atoms with Gasteiger partial charge in [-0.3, -0.25) is 4.98 Å². The summed E-state index contributed by atoms with van der Waals surface area (Å²) >= 11 is -0.106. The molecule has 3 nitrogen and oxygen atoms in total. The normalized spacial score (nSPS) is 14.7. The van der Waals surface area contributed by atoms with E-state index < -0.39 is 0 Å². The number of nitrogens with zero attached hydrogens (tertiary/aromatic N) is 3. The summed E-state index contributed by atoms with van der Waals surface area (Å²) in [4.78, 5) is 8.46. The van der Waals surface area contributed by atoms with Crippen molar-refractivity contribution >= 4 is 19.1 Å². The van der Waals surface area contributed by atoms with Gasteiger partial charge in [0.1, 0.15) is 0 Å². The quantitative estimate of drug-likeness (QED) is 0.684. The minimum absolute atomic E-state index is 0.0589. The molecule has 0 amide bonds. The summed E-state index contributed by atoms with van der Waals surface area (Å²) in [6.07, 6.45) is 5.83. The summed E-state index contributed by atoms with van der Waals surface area (Å²) in [5, 5.41) is 0. The maximum atomic E-state index is 4.81. The number of pyridine rings is 1. The molecule has 0 bridgehead atoms. The predicted octanol–water partition coefficient (Wildman–Crippen LogP) is 4.26. The van der Waals surface area contributed by atoms with Gasteiger partial charge in [0, 0.05) is 25.6 Å². The molecule has 118 valence electrons. The Morgan fingerprint density at radius 1 is 1.05 bits per heavy atom. The Bertz CT molecular complexity index is 541. The van der Waals surface area contributed by atoms with E-state index in [-0.39, 0.29) is 22.0 Å². The van der Waals surface area contributed by atoms with Crippen LogP contribution in [0.1, 0.15) is 17.3 Å². The average Bonchev–Trinajstić information content (AvgIpc) is 2.97. The minimum atomic E-state index is -0.106. The fourth-order valence-electron chi connectivity index (χ4n) is 2.21. The van der Waals surface area contributed by atoms with E-state index in [0.29, 0.717) is 0 Å². The molecule has 1 aliphatic heterocycles. The van der Waals surface area contributed by atoms with Gasteiger partial charge in [0.05, 0.1) is 11.7 Å². The molecule has 22 heavy (non-hydrogen) atoms. The number of hydrogen-bond acceptors (Lipinski definition) is 3. The number of hydrogen-bond donors (Lipinski definition) is 0. The van der Waals surface area contributed by atoms with E-state index in [2.05, 4.69) is 40.8 Å². The van der Waals surface area contributed by atoms with E-state index in [4.69, 9.17) is 19.1 Å². The van der Waals surface area contributed by atoms with Gasteiger partial charge in [-0.15, -0.1) is 0 Å². The predicted molar refractivity (Wildman–Crippen MR) is 86.2 cm³/mol. The summed E-state index contributed by atoms with van der Waals surface area (Å²) in [6, 6.07) is 16.4. The van der Waals surface area contributed by atoms with Crippen LogP contribution in [0, 0.1) is 6.67 Å². The zero-order valence-electron chi connectivity index (χ0n) is 11.8. The molecule has 0 aliphatic carbocycles. The molecule has 0 saturated heterocycles. The third-order valence-corrected chi connectivity index (χ3v) is 3.09. The van der Waals surface area contributed by atoms with Crippen molar-refractivity contribution < 1.29 is 15.9 Å². The van der Waals surface area contributed by atoms with E-state index in [9.17, 15) is 0 Å². The first-order valence-electron chi connectivity index (χ1n) is 6.50.